The second-order valence-electron chi connectivity index (χ2n) is 11.8. The largest absolute Gasteiger partial charge is 0.494 e. The standard InChI is InChI=1S/C32H38F3N7O7S/c33-32(34,35)20-49-31-40-29-37-18-21-7-10-23(11-8-21)47-15-5-3-1-2-4-6-16-48-26-17-22(38-30(39-29)41-31)9-14-25(26)28(44)36-19-27(43)42-50(45,46)24-12-13-24/h7-11,14,17,24H,1-6,12-13,15-16,18-20H2,(H,36,44)(H,42,43)(H2,37,38,39,40,41). The van der Waals surface area contributed by atoms with Crippen molar-refractivity contribution in [2.24, 2.45) is 0 Å². The van der Waals surface area contributed by atoms with Crippen LogP contribution >= 0.6 is 0 Å². The Morgan fingerprint density at radius 3 is 2.28 bits per heavy atom. The van der Waals surface area contributed by atoms with E-state index in [0.29, 0.717) is 31.6 Å². The maximum absolute atomic E-state index is 13.1. The third kappa shape index (κ3) is 11.6. The van der Waals surface area contributed by atoms with Gasteiger partial charge in [-0.2, -0.15) is 28.1 Å². The van der Waals surface area contributed by atoms with Crippen molar-refractivity contribution in [3.05, 3.63) is 53.6 Å². The zero-order chi connectivity index (χ0) is 35.6. The van der Waals surface area contributed by atoms with Crippen molar-refractivity contribution in [3.63, 3.8) is 0 Å². The third-order valence-electron chi connectivity index (χ3n) is 7.53. The summed E-state index contributed by atoms with van der Waals surface area (Å²) in [6.45, 7) is -1.14. The van der Waals surface area contributed by atoms with Crippen molar-refractivity contribution in [2.45, 2.75) is 69.3 Å². The Balaban J connectivity index is 1.36. The summed E-state index contributed by atoms with van der Waals surface area (Å²) in [6.07, 6.45) is 1.75. The number of aromatic nitrogens is 3. The van der Waals surface area contributed by atoms with Gasteiger partial charge in [-0.1, -0.05) is 37.8 Å². The van der Waals surface area contributed by atoms with Crippen LogP contribution in [0.25, 0.3) is 0 Å². The number of carbonyl (C=O) groups excluding carboxylic acids is 2. The molecule has 2 aliphatic heterocycles. The van der Waals surface area contributed by atoms with Gasteiger partial charge in [0.1, 0.15) is 11.5 Å². The van der Waals surface area contributed by atoms with E-state index in [1.165, 1.54) is 18.2 Å². The van der Waals surface area contributed by atoms with Crippen LogP contribution in [-0.2, 0) is 21.4 Å². The third-order valence-corrected chi connectivity index (χ3v) is 9.39. The fourth-order valence-corrected chi connectivity index (χ4v) is 6.13. The van der Waals surface area contributed by atoms with E-state index in [0.717, 1.165) is 43.4 Å². The number of fused-ring (bicyclic) bond motifs is 12. The summed E-state index contributed by atoms with van der Waals surface area (Å²) >= 11 is 0. The predicted molar refractivity (Wildman–Crippen MR) is 176 cm³/mol. The van der Waals surface area contributed by atoms with E-state index in [9.17, 15) is 31.2 Å². The molecule has 3 heterocycles. The molecule has 1 aromatic heterocycles. The van der Waals surface area contributed by atoms with Crippen molar-refractivity contribution in [2.75, 3.05) is 37.0 Å². The van der Waals surface area contributed by atoms with Crippen molar-refractivity contribution in [3.8, 4) is 17.5 Å². The van der Waals surface area contributed by atoms with Crippen molar-refractivity contribution in [1.29, 1.82) is 0 Å². The van der Waals surface area contributed by atoms with Crippen molar-refractivity contribution < 1.29 is 45.4 Å². The number of nitrogens with zero attached hydrogens (tertiary/aromatic N) is 3. The lowest BCUT2D eigenvalue weighted by molar-refractivity contribution is -0.154. The van der Waals surface area contributed by atoms with Crippen LogP contribution in [0.5, 0.6) is 17.5 Å². The summed E-state index contributed by atoms with van der Waals surface area (Å²) in [5, 5.41) is 7.68. The van der Waals surface area contributed by atoms with Gasteiger partial charge >= 0.3 is 12.2 Å². The molecule has 1 fully saturated rings. The topological polar surface area (TPSA) is 183 Å². The first kappa shape index (κ1) is 36.4. The first-order valence-electron chi connectivity index (χ1n) is 16.2. The molecule has 0 atom stereocenters. The molecule has 3 aliphatic rings. The lowest BCUT2D eigenvalue weighted by Crippen LogP contribution is -2.41. The van der Waals surface area contributed by atoms with Crippen LogP contribution in [0.2, 0.25) is 0 Å². The van der Waals surface area contributed by atoms with Crippen LogP contribution in [0, 0.1) is 0 Å². The number of halogens is 3. The minimum absolute atomic E-state index is 0.0622. The number of rotatable bonds is 7. The Morgan fingerprint density at radius 2 is 1.58 bits per heavy atom. The van der Waals surface area contributed by atoms with Gasteiger partial charge in [0.15, 0.2) is 6.61 Å². The highest BCUT2D eigenvalue weighted by Gasteiger charge is 2.36. The van der Waals surface area contributed by atoms with E-state index < -0.39 is 52.4 Å². The molecule has 0 saturated heterocycles. The molecular formula is C32H38F3N7O7S. The lowest BCUT2D eigenvalue weighted by atomic mass is 10.1. The summed E-state index contributed by atoms with van der Waals surface area (Å²) in [4.78, 5) is 37.6. The maximum atomic E-state index is 13.1. The first-order valence-corrected chi connectivity index (χ1v) is 17.8. The number of hydrogen-bond donors (Lipinski definition) is 4. The number of alkyl halides is 3. The van der Waals surface area contributed by atoms with Crippen LogP contribution in [0.3, 0.4) is 0 Å². The van der Waals surface area contributed by atoms with Gasteiger partial charge in [-0.05, 0) is 55.5 Å². The number of hydrogen-bond acceptors (Lipinski definition) is 12. The number of benzene rings is 2. The van der Waals surface area contributed by atoms with Crippen LogP contribution in [-0.4, -0.2) is 73.0 Å². The van der Waals surface area contributed by atoms with Crippen LogP contribution < -0.4 is 34.9 Å². The van der Waals surface area contributed by atoms with Crippen LogP contribution in [0.4, 0.5) is 30.8 Å². The smallest absolute Gasteiger partial charge is 0.422 e. The monoisotopic (exact) mass is 721 g/mol. The lowest BCUT2D eigenvalue weighted by Gasteiger charge is -2.15. The summed E-state index contributed by atoms with van der Waals surface area (Å²) in [6, 6.07) is 11.2. The molecule has 0 unspecified atom stereocenters. The molecule has 1 aliphatic carbocycles. The van der Waals surface area contributed by atoms with Gasteiger partial charge < -0.3 is 30.2 Å². The van der Waals surface area contributed by atoms with Gasteiger partial charge in [-0.3, -0.25) is 14.3 Å². The molecule has 1 saturated carbocycles. The van der Waals surface area contributed by atoms with E-state index in [1.54, 1.807) is 0 Å². The maximum Gasteiger partial charge on any atom is 0.422 e. The fraction of sp³-hybridized carbons (Fsp3) is 0.469. The van der Waals surface area contributed by atoms with E-state index in [4.69, 9.17) is 14.2 Å². The summed E-state index contributed by atoms with van der Waals surface area (Å²) in [5.41, 5.74) is 1.22. The van der Waals surface area contributed by atoms with Gasteiger partial charge in [0, 0.05) is 18.3 Å². The molecule has 6 rings (SSSR count). The van der Waals surface area contributed by atoms with Crippen molar-refractivity contribution in [1.82, 2.24) is 25.0 Å². The minimum Gasteiger partial charge on any atom is -0.494 e. The molecular weight excluding hydrogens is 683 g/mol. The highest BCUT2D eigenvalue weighted by atomic mass is 32.2. The normalized spacial score (nSPS) is 16.1. The number of amides is 2. The zero-order valence-electron chi connectivity index (χ0n) is 27.1. The second-order valence-corrected chi connectivity index (χ2v) is 13.7. The Bertz CT molecular complexity index is 1740. The number of sulfonamides is 1. The number of ether oxygens (including phenoxy) is 3. The molecule has 50 heavy (non-hydrogen) atoms. The molecule has 270 valence electrons. The fourth-order valence-electron chi connectivity index (χ4n) is 4.82. The van der Waals surface area contributed by atoms with E-state index in [1.807, 2.05) is 29.0 Å². The average molecular weight is 722 g/mol. The second kappa shape index (κ2) is 16.7. The van der Waals surface area contributed by atoms with Crippen molar-refractivity contribution >= 4 is 39.4 Å². The molecule has 4 N–H and O–H groups in total. The van der Waals surface area contributed by atoms with Gasteiger partial charge in [0.25, 0.3) is 11.8 Å². The molecule has 2 aromatic carbocycles. The Morgan fingerprint density at radius 1 is 0.900 bits per heavy atom. The predicted octanol–water partition coefficient (Wildman–Crippen LogP) is 4.62. The Kier molecular flexibility index (Phi) is 12.2. The molecule has 6 bridgehead atoms. The number of anilines is 3. The first-order chi connectivity index (χ1) is 23.9. The molecule has 0 spiro atoms. The van der Waals surface area contributed by atoms with Gasteiger partial charge in [0.2, 0.25) is 21.9 Å². The molecule has 0 radical (unpaired) electrons. The number of carbonyl (C=O) groups is 2. The van der Waals surface area contributed by atoms with Gasteiger partial charge in [-0.15, -0.1) is 0 Å². The zero-order valence-corrected chi connectivity index (χ0v) is 27.9. The quantitative estimate of drug-likeness (QED) is 0.266. The van der Waals surface area contributed by atoms with Gasteiger partial charge in [-0.25, -0.2) is 8.42 Å². The average Bonchev–Trinajstić information content (AvgIpc) is 3.93. The van der Waals surface area contributed by atoms with Crippen LogP contribution in [0.15, 0.2) is 42.5 Å². The summed E-state index contributed by atoms with van der Waals surface area (Å²) in [5.74, 6) is -0.922. The molecule has 14 nitrogen and oxygen atoms in total. The van der Waals surface area contributed by atoms with Gasteiger partial charge in [0.05, 0.1) is 30.6 Å². The molecule has 2 amide bonds. The minimum atomic E-state index is -4.63. The highest BCUT2D eigenvalue weighted by Crippen LogP contribution is 2.28. The van der Waals surface area contributed by atoms with E-state index in [-0.39, 0.29) is 36.4 Å². The highest BCUT2D eigenvalue weighted by molar-refractivity contribution is 7.90. The Labute approximate surface area is 287 Å². The van der Waals surface area contributed by atoms with Crippen LogP contribution in [0.1, 0.15) is 67.3 Å². The summed E-state index contributed by atoms with van der Waals surface area (Å²) < 4.78 is 81.6. The molecule has 18 heteroatoms. The Hall–Kier alpha value is -4.87. The SMILES string of the molecule is O=C(CNC(=O)c1ccc2cc1OCCCCCCCCOc1ccc(cc1)CNc1nc(nc(OCC(F)(F)F)n1)N2)NS(=O)(=O)C1CC1. The van der Waals surface area contributed by atoms with E-state index in [2.05, 4.69) is 30.9 Å². The van der Waals surface area contributed by atoms with E-state index >= 15 is 0 Å². The summed E-state index contributed by atoms with van der Waals surface area (Å²) in [7, 11) is -3.78. The number of nitrogens with one attached hydrogen (secondary N) is 4. The molecule has 3 aromatic rings.